The van der Waals surface area contributed by atoms with Crippen LogP contribution in [0.4, 0.5) is 0 Å². The Kier molecular flexibility index (Phi) is 3.91. The highest BCUT2D eigenvalue weighted by molar-refractivity contribution is 6.29. The summed E-state index contributed by atoms with van der Waals surface area (Å²) >= 11 is 6.32. The smallest absolute Gasteiger partial charge is 0.302 e. The van der Waals surface area contributed by atoms with E-state index < -0.39 is 0 Å². The van der Waals surface area contributed by atoms with Crippen molar-refractivity contribution in [1.29, 1.82) is 0 Å². The van der Waals surface area contributed by atoms with Gasteiger partial charge in [-0.1, -0.05) is 31.5 Å². The zero-order chi connectivity index (χ0) is 17.1. The molecule has 0 bridgehead atoms. The molecule has 4 aliphatic carbocycles. The van der Waals surface area contributed by atoms with E-state index in [2.05, 4.69) is 26.0 Å². The highest BCUT2D eigenvalue weighted by atomic mass is 35.5. The Morgan fingerprint density at radius 2 is 2.00 bits per heavy atom. The van der Waals surface area contributed by atoms with Gasteiger partial charge in [-0.3, -0.25) is 4.79 Å². The van der Waals surface area contributed by atoms with Gasteiger partial charge in [-0.05, 0) is 79.8 Å². The van der Waals surface area contributed by atoms with Gasteiger partial charge in [0.1, 0.15) is 6.10 Å². The molecule has 24 heavy (non-hydrogen) atoms. The number of esters is 1. The zero-order valence-corrected chi connectivity index (χ0v) is 15.9. The highest BCUT2D eigenvalue weighted by Gasteiger charge is 2.59. The number of allylic oxidation sites excluding steroid dienone is 4. The molecule has 0 amide bonds. The second-order valence-corrected chi connectivity index (χ2v) is 9.49. The average molecular weight is 349 g/mol. The molecule has 0 aromatic rings. The van der Waals surface area contributed by atoms with E-state index in [9.17, 15) is 4.79 Å². The van der Waals surface area contributed by atoms with Gasteiger partial charge in [0.15, 0.2) is 0 Å². The van der Waals surface area contributed by atoms with Gasteiger partial charge in [-0.15, -0.1) is 0 Å². The standard InChI is InChI=1S/C21H29ClO2/c1-13(23)24-19-7-6-17-16-5-4-14-12-15(22)8-10-20(14,2)18(16)9-11-21(17,19)3/h4,12,16-19H,5-11H2,1-3H3/t16-,17-,18-,19+,20-,21-/m0/s1. The molecule has 0 N–H and O–H groups in total. The maximum atomic E-state index is 11.5. The van der Waals surface area contributed by atoms with Crippen molar-refractivity contribution in [2.24, 2.45) is 28.6 Å². The Balaban J connectivity index is 1.64. The van der Waals surface area contributed by atoms with E-state index in [0.29, 0.717) is 11.3 Å². The molecule has 2 saturated carbocycles. The highest BCUT2D eigenvalue weighted by Crippen LogP contribution is 2.65. The van der Waals surface area contributed by atoms with Gasteiger partial charge in [-0.25, -0.2) is 0 Å². The molecule has 132 valence electrons. The number of fused-ring (bicyclic) bond motifs is 5. The lowest BCUT2D eigenvalue weighted by atomic mass is 9.49. The third kappa shape index (κ3) is 2.32. The van der Waals surface area contributed by atoms with Crippen LogP contribution in [0.25, 0.3) is 0 Å². The van der Waals surface area contributed by atoms with Crippen LogP contribution in [0, 0.1) is 28.6 Å². The number of ether oxygens (including phenoxy) is 1. The lowest BCUT2D eigenvalue weighted by Crippen LogP contribution is -2.50. The summed E-state index contributed by atoms with van der Waals surface area (Å²) < 4.78 is 5.73. The summed E-state index contributed by atoms with van der Waals surface area (Å²) in [5.41, 5.74) is 1.96. The van der Waals surface area contributed by atoms with Crippen LogP contribution in [0.15, 0.2) is 22.8 Å². The zero-order valence-electron chi connectivity index (χ0n) is 15.1. The van der Waals surface area contributed by atoms with Gasteiger partial charge in [0.2, 0.25) is 0 Å². The summed E-state index contributed by atoms with van der Waals surface area (Å²) in [7, 11) is 0. The normalized spacial score (nSPS) is 47.0. The number of halogens is 1. The first-order valence-electron chi connectivity index (χ1n) is 9.58. The number of hydrogen-bond donors (Lipinski definition) is 0. The number of hydrogen-bond acceptors (Lipinski definition) is 2. The van der Waals surface area contributed by atoms with Crippen LogP contribution in [-0.2, 0) is 9.53 Å². The number of rotatable bonds is 1. The number of carbonyl (C=O) groups is 1. The van der Waals surface area contributed by atoms with Crippen molar-refractivity contribution in [2.75, 3.05) is 0 Å². The van der Waals surface area contributed by atoms with E-state index in [1.165, 1.54) is 37.7 Å². The monoisotopic (exact) mass is 348 g/mol. The summed E-state index contributed by atoms with van der Waals surface area (Å²) in [6.07, 6.45) is 12.9. The molecule has 0 aromatic carbocycles. The summed E-state index contributed by atoms with van der Waals surface area (Å²) in [5.74, 6) is 2.07. The molecule has 6 atom stereocenters. The molecule has 0 radical (unpaired) electrons. The van der Waals surface area contributed by atoms with Crippen LogP contribution in [0.2, 0.25) is 0 Å². The van der Waals surface area contributed by atoms with Crippen molar-refractivity contribution >= 4 is 17.6 Å². The molecular weight excluding hydrogens is 320 g/mol. The van der Waals surface area contributed by atoms with Crippen molar-refractivity contribution in [3.8, 4) is 0 Å². The SMILES string of the molecule is CC(=O)O[C@@H]1CC[C@H]2[C@@H]3CC=C4C=C(Cl)CC[C@]4(C)[C@H]3CC[C@]12C. The molecule has 0 aromatic heterocycles. The molecule has 0 heterocycles. The third-order valence-corrected chi connectivity index (χ3v) is 8.24. The molecule has 0 aliphatic heterocycles. The van der Waals surface area contributed by atoms with Crippen LogP contribution < -0.4 is 0 Å². The van der Waals surface area contributed by atoms with Crippen LogP contribution >= 0.6 is 11.6 Å². The Hall–Kier alpha value is -0.760. The van der Waals surface area contributed by atoms with Gasteiger partial charge < -0.3 is 4.74 Å². The summed E-state index contributed by atoms with van der Waals surface area (Å²) in [5, 5.41) is 1.02. The summed E-state index contributed by atoms with van der Waals surface area (Å²) in [6.45, 7) is 6.40. The number of carbonyl (C=O) groups excluding carboxylic acids is 1. The van der Waals surface area contributed by atoms with Crippen molar-refractivity contribution < 1.29 is 9.53 Å². The third-order valence-electron chi connectivity index (χ3n) is 7.94. The topological polar surface area (TPSA) is 26.3 Å². The van der Waals surface area contributed by atoms with Crippen LogP contribution in [0.5, 0.6) is 0 Å². The van der Waals surface area contributed by atoms with E-state index in [4.69, 9.17) is 16.3 Å². The minimum absolute atomic E-state index is 0.117. The predicted octanol–water partition coefficient (Wildman–Crippen LogP) is 5.61. The predicted molar refractivity (Wildman–Crippen MR) is 96.6 cm³/mol. The fourth-order valence-electron chi connectivity index (χ4n) is 6.64. The maximum absolute atomic E-state index is 11.5. The Morgan fingerprint density at radius 1 is 1.21 bits per heavy atom. The first kappa shape index (κ1) is 16.7. The Bertz CT molecular complexity index is 621. The van der Waals surface area contributed by atoms with E-state index in [1.54, 1.807) is 6.92 Å². The fraction of sp³-hybridized carbons (Fsp3) is 0.762. The van der Waals surface area contributed by atoms with Gasteiger partial charge >= 0.3 is 5.97 Å². The van der Waals surface area contributed by atoms with E-state index in [0.717, 1.165) is 29.7 Å². The summed E-state index contributed by atoms with van der Waals surface area (Å²) in [4.78, 5) is 11.5. The molecule has 0 spiro atoms. The van der Waals surface area contributed by atoms with Gasteiger partial charge in [0, 0.05) is 17.4 Å². The van der Waals surface area contributed by atoms with Gasteiger partial charge in [-0.2, -0.15) is 0 Å². The average Bonchev–Trinajstić information content (AvgIpc) is 2.84. The molecule has 3 heteroatoms. The Morgan fingerprint density at radius 3 is 2.75 bits per heavy atom. The second-order valence-electron chi connectivity index (χ2n) is 9.00. The maximum Gasteiger partial charge on any atom is 0.302 e. The van der Waals surface area contributed by atoms with E-state index in [1.807, 2.05) is 0 Å². The quantitative estimate of drug-likeness (QED) is 0.575. The van der Waals surface area contributed by atoms with Crippen LogP contribution in [-0.4, -0.2) is 12.1 Å². The summed E-state index contributed by atoms with van der Waals surface area (Å²) in [6, 6.07) is 0. The van der Waals surface area contributed by atoms with E-state index >= 15 is 0 Å². The molecule has 4 aliphatic rings. The lowest BCUT2D eigenvalue weighted by Gasteiger charge is -2.56. The van der Waals surface area contributed by atoms with E-state index in [-0.39, 0.29) is 17.5 Å². The fourth-order valence-corrected chi connectivity index (χ4v) is 6.85. The molecule has 4 rings (SSSR count). The van der Waals surface area contributed by atoms with Crippen molar-refractivity contribution in [3.63, 3.8) is 0 Å². The molecule has 2 nitrogen and oxygen atoms in total. The van der Waals surface area contributed by atoms with Crippen LogP contribution in [0.3, 0.4) is 0 Å². The molecule has 2 fully saturated rings. The molecule has 0 saturated heterocycles. The largest absolute Gasteiger partial charge is 0.462 e. The second kappa shape index (κ2) is 5.62. The minimum atomic E-state index is -0.117. The minimum Gasteiger partial charge on any atom is -0.462 e. The van der Waals surface area contributed by atoms with Gasteiger partial charge in [0.25, 0.3) is 0 Å². The Labute approximate surface area is 150 Å². The molecule has 0 unspecified atom stereocenters. The first-order chi connectivity index (χ1) is 11.3. The van der Waals surface area contributed by atoms with Crippen LogP contribution in [0.1, 0.15) is 65.7 Å². The van der Waals surface area contributed by atoms with Crippen molar-refractivity contribution in [3.05, 3.63) is 22.8 Å². The van der Waals surface area contributed by atoms with Gasteiger partial charge in [0.05, 0.1) is 0 Å². The van der Waals surface area contributed by atoms with Crippen molar-refractivity contribution in [2.45, 2.75) is 71.8 Å². The van der Waals surface area contributed by atoms with Crippen molar-refractivity contribution in [1.82, 2.24) is 0 Å². The first-order valence-corrected chi connectivity index (χ1v) is 9.96. The molecular formula is C21H29ClO2. The lowest BCUT2D eigenvalue weighted by molar-refractivity contribution is -0.156.